The lowest BCUT2D eigenvalue weighted by Gasteiger charge is -2.16. The second kappa shape index (κ2) is 6.84. The van der Waals surface area contributed by atoms with E-state index in [9.17, 15) is 9.59 Å². The highest BCUT2D eigenvalue weighted by molar-refractivity contribution is 5.96. The zero-order valence-corrected chi connectivity index (χ0v) is 13.5. The van der Waals surface area contributed by atoms with Crippen LogP contribution in [0, 0.1) is 0 Å². The summed E-state index contributed by atoms with van der Waals surface area (Å²) in [6.45, 7) is 3.42. The summed E-state index contributed by atoms with van der Waals surface area (Å²) in [6.07, 6.45) is 0.789. The number of carboxylic acid groups (broad SMARTS) is 1. The molecule has 24 heavy (non-hydrogen) atoms. The molecule has 1 aromatic carbocycles. The Labute approximate surface area is 139 Å². The zero-order valence-electron chi connectivity index (χ0n) is 13.5. The van der Waals surface area contributed by atoms with Gasteiger partial charge < -0.3 is 15.7 Å². The second-order valence-electron chi connectivity index (χ2n) is 5.88. The van der Waals surface area contributed by atoms with Crippen molar-refractivity contribution in [2.45, 2.75) is 32.5 Å². The smallest absolute Gasteiger partial charge is 0.325 e. The number of aromatic nitrogens is 2. The Bertz CT molecular complexity index is 755. The third kappa shape index (κ3) is 3.30. The summed E-state index contributed by atoms with van der Waals surface area (Å²) in [7, 11) is 0. The minimum Gasteiger partial charge on any atom is -0.480 e. The van der Waals surface area contributed by atoms with E-state index in [0.717, 1.165) is 29.8 Å². The van der Waals surface area contributed by atoms with Crippen molar-refractivity contribution in [2.75, 3.05) is 6.54 Å². The number of carbonyl (C=O) groups is 2. The molecule has 0 saturated carbocycles. The molecule has 2 aromatic rings. The number of nitrogens with one attached hydrogen (secondary N) is 2. The van der Waals surface area contributed by atoms with E-state index in [0.29, 0.717) is 18.8 Å². The summed E-state index contributed by atoms with van der Waals surface area (Å²) in [4.78, 5) is 23.4. The van der Waals surface area contributed by atoms with Crippen LogP contribution in [0.4, 0.5) is 0 Å². The lowest BCUT2D eigenvalue weighted by atomic mass is 10.1. The molecule has 1 aliphatic heterocycles. The van der Waals surface area contributed by atoms with Gasteiger partial charge in [0.1, 0.15) is 6.04 Å². The van der Waals surface area contributed by atoms with Crippen molar-refractivity contribution in [1.29, 1.82) is 0 Å². The van der Waals surface area contributed by atoms with Gasteiger partial charge in [0.05, 0.1) is 6.54 Å². The van der Waals surface area contributed by atoms with Gasteiger partial charge in [0.15, 0.2) is 5.69 Å². The van der Waals surface area contributed by atoms with Gasteiger partial charge in [-0.25, -0.2) is 0 Å². The second-order valence-corrected chi connectivity index (χ2v) is 5.88. The summed E-state index contributed by atoms with van der Waals surface area (Å²) in [5.74, 6) is -1.52. The average molecular weight is 328 g/mol. The van der Waals surface area contributed by atoms with Crippen molar-refractivity contribution >= 4 is 11.9 Å². The highest BCUT2D eigenvalue weighted by Crippen LogP contribution is 2.20. The molecule has 1 amide bonds. The quantitative estimate of drug-likeness (QED) is 0.754. The van der Waals surface area contributed by atoms with Crippen LogP contribution in [0.1, 0.15) is 34.2 Å². The molecule has 7 heteroatoms. The average Bonchev–Trinajstić information content (AvgIpc) is 2.94. The number of nitrogens with zero attached hydrogens (tertiary/aromatic N) is 2. The highest BCUT2D eigenvalue weighted by Gasteiger charge is 2.26. The summed E-state index contributed by atoms with van der Waals surface area (Å²) >= 11 is 0. The van der Waals surface area contributed by atoms with Gasteiger partial charge in [-0.2, -0.15) is 5.10 Å². The number of carbonyl (C=O) groups excluding carboxylic acids is 1. The largest absolute Gasteiger partial charge is 0.480 e. The molecule has 0 spiro atoms. The predicted molar refractivity (Wildman–Crippen MR) is 87.7 cm³/mol. The van der Waals surface area contributed by atoms with Gasteiger partial charge in [-0.15, -0.1) is 0 Å². The third-order valence-corrected chi connectivity index (χ3v) is 4.12. The van der Waals surface area contributed by atoms with Crippen LogP contribution in [-0.4, -0.2) is 39.4 Å². The Kier molecular flexibility index (Phi) is 4.61. The summed E-state index contributed by atoms with van der Waals surface area (Å²) in [5, 5.41) is 19.2. The first kappa shape index (κ1) is 16.2. The topological polar surface area (TPSA) is 96.3 Å². The summed E-state index contributed by atoms with van der Waals surface area (Å²) in [6, 6.07) is 8.97. The maximum absolute atomic E-state index is 12.4. The highest BCUT2D eigenvalue weighted by atomic mass is 16.4. The number of aliphatic carboxylic acids is 1. The standard InChI is InChI=1S/C17H20N4O3/c1-11(17(23)24)19-16(22)15-13-9-18-8-7-14(13)21(20-15)10-12-5-3-2-4-6-12/h2-6,11,18H,7-10H2,1H3,(H,19,22)(H,23,24). The van der Waals surface area contributed by atoms with E-state index in [4.69, 9.17) is 5.11 Å². The van der Waals surface area contributed by atoms with E-state index in [1.165, 1.54) is 6.92 Å². The maximum atomic E-state index is 12.4. The predicted octanol–water partition coefficient (Wildman–Crippen LogP) is 0.780. The third-order valence-electron chi connectivity index (χ3n) is 4.12. The molecule has 0 radical (unpaired) electrons. The van der Waals surface area contributed by atoms with Crippen molar-refractivity contribution in [3.05, 3.63) is 52.8 Å². The van der Waals surface area contributed by atoms with E-state index >= 15 is 0 Å². The first-order valence-electron chi connectivity index (χ1n) is 7.93. The number of carboxylic acids is 1. The molecule has 1 atom stereocenters. The number of hydrogen-bond acceptors (Lipinski definition) is 4. The molecule has 3 N–H and O–H groups in total. The monoisotopic (exact) mass is 328 g/mol. The Morgan fingerprint density at radius 2 is 2.12 bits per heavy atom. The number of benzene rings is 1. The van der Waals surface area contributed by atoms with E-state index in [1.807, 2.05) is 35.0 Å². The minimum atomic E-state index is -1.07. The maximum Gasteiger partial charge on any atom is 0.325 e. The van der Waals surface area contributed by atoms with Crippen molar-refractivity contribution in [1.82, 2.24) is 20.4 Å². The first-order chi connectivity index (χ1) is 11.6. The molecular weight excluding hydrogens is 308 g/mol. The van der Waals surface area contributed by atoms with E-state index in [2.05, 4.69) is 15.7 Å². The van der Waals surface area contributed by atoms with Gasteiger partial charge in [-0.05, 0) is 12.5 Å². The lowest BCUT2D eigenvalue weighted by Crippen LogP contribution is -2.39. The number of hydrogen-bond donors (Lipinski definition) is 3. The number of rotatable bonds is 5. The molecule has 1 aliphatic rings. The Morgan fingerprint density at radius 3 is 2.83 bits per heavy atom. The molecule has 2 heterocycles. The van der Waals surface area contributed by atoms with Gasteiger partial charge in [-0.1, -0.05) is 30.3 Å². The molecule has 7 nitrogen and oxygen atoms in total. The fourth-order valence-corrected chi connectivity index (χ4v) is 2.82. The normalized spacial score (nSPS) is 14.7. The van der Waals surface area contributed by atoms with Crippen molar-refractivity contribution in [2.24, 2.45) is 0 Å². The van der Waals surface area contributed by atoms with Crippen LogP contribution in [0.3, 0.4) is 0 Å². The van der Waals surface area contributed by atoms with Gasteiger partial charge >= 0.3 is 5.97 Å². The molecule has 0 bridgehead atoms. The van der Waals surface area contributed by atoms with Crippen LogP contribution in [0.2, 0.25) is 0 Å². The van der Waals surface area contributed by atoms with Gasteiger partial charge in [-0.3, -0.25) is 14.3 Å². The Morgan fingerprint density at radius 1 is 1.38 bits per heavy atom. The van der Waals surface area contributed by atoms with Crippen LogP contribution >= 0.6 is 0 Å². The van der Waals surface area contributed by atoms with Crippen LogP contribution in [0.5, 0.6) is 0 Å². The lowest BCUT2D eigenvalue weighted by molar-refractivity contribution is -0.138. The first-order valence-corrected chi connectivity index (χ1v) is 7.93. The van der Waals surface area contributed by atoms with E-state index < -0.39 is 17.9 Å². The van der Waals surface area contributed by atoms with Crippen LogP contribution in [0.15, 0.2) is 30.3 Å². The molecule has 3 rings (SSSR count). The Hall–Kier alpha value is -2.67. The molecule has 1 aromatic heterocycles. The molecular formula is C17H20N4O3. The van der Waals surface area contributed by atoms with Gasteiger partial charge in [0, 0.05) is 30.8 Å². The molecule has 0 saturated heterocycles. The van der Waals surface area contributed by atoms with Crippen molar-refractivity contribution < 1.29 is 14.7 Å². The fourth-order valence-electron chi connectivity index (χ4n) is 2.82. The number of amides is 1. The molecule has 1 unspecified atom stereocenters. The van der Waals surface area contributed by atoms with Gasteiger partial charge in [0.2, 0.25) is 0 Å². The zero-order chi connectivity index (χ0) is 17.1. The molecule has 0 fully saturated rings. The summed E-state index contributed by atoms with van der Waals surface area (Å²) in [5.41, 5.74) is 3.30. The summed E-state index contributed by atoms with van der Waals surface area (Å²) < 4.78 is 1.85. The van der Waals surface area contributed by atoms with Crippen LogP contribution in [0.25, 0.3) is 0 Å². The van der Waals surface area contributed by atoms with Crippen molar-refractivity contribution in [3.8, 4) is 0 Å². The van der Waals surface area contributed by atoms with Crippen LogP contribution < -0.4 is 10.6 Å². The Balaban J connectivity index is 1.90. The van der Waals surface area contributed by atoms with E-state index in [-0.39, 0.29) is 0 Å². The molecule has 0 aliphatic carbocycles. The van der Waals surface area contributed by atoms with Gasteiger partial charge in [0.25, 0.3) is 5.91 Å². The number of fused-ring (bicyclic) bond motifs is 1. The minimum absolute atomic E-state index is 0.307. The molecule has 126 valence electrons. The van der Waals surface area contributed by atoms with Crippen molar-refractivity contribution in [3.63, 3.8) is 0 Å². The van der Waals surface area contributed by atoms with E-state index in [1.54, 1.807) is 0 Å². The fraction of sp³-hybridized carbons (Fsp3) is 0.353. The SMILES string of the molecule is CC(NC(=O)c1nn(Cc2ccccc2)c2c1CNCC2)C(=O)O. The van der Waals surface area contributed by atoms with Crippen LogP contribution in [-0.2, 0) is 24.3 Å².